The van der Waals surface area contributed by atoms with Crippen LogP contribution in [0, 0.1) is 0 Å². The van der Waals surface area contributed by atoms with Gasteiger partial charge in [0.25, 0.3) is 0 Å². The van der Waals surface area contributed by atoms with E-state index in [2.05, 4.69) is 4.98 Å². The fraction of sp³-hybridized carbons (Fsp3) is 0. The summed E-state index contributed by atoms with van der Waals surface area (Å²) < 4.78 is 5.62. The Morgan fingerprint density at radius 3 is 2.76 bits per heavy atom. The highest BCUT2D eigenvalue weighted by Gasteiger charge is 2.23. The number of rotatable bonds is 3. The molecule has 3 rings (SSSR count). The zero-order valence-corrected chi connectivity index (χ0v) is 12.7. The number of aromatic nitrogens is 1. The van der Waals surface area contributed by atoms with Gasteiger partial charge in [0.05, 0.1) is 9.90 Å². The molecule has 3 aromatic rings. The molecule has 0 aliphatic rings. The summed E-state index contributed by atoms with van der Waals surface area (Å²) in [5.41, 5.74) is 0.208. The minimum Gasteiger partial charge on any atom is -0.476 e. The molecule has 0 bridgehead atoms. The molecule has 7 heteroatoms. The molecule has 21 heavy (non-hydrogen) atoms. The van der Waals surface area contributed by atoms with Gasteiger partial charge in [0.1, 0.15) is 0 Å². The van der Waals surface area contributed by atoms with Gasteiger partial charge in [-0.2, -0.15) is 0 Å². The number of nitrogens with zero attached hydrogens (tertiary/aromatic N) is 1. The second-order valence-electron chi connectivity index (χ2n) is 4.10. The predicted molar refractivity (Wildman–Crippen MR) is 82.2 cm³/mol. The number of thiophene rings is 1. The van der Waals surface area contributed by atoms with Gasteiger partial charge >= 0.3 is 5.97 Å². The monoisotopic (exact) mass is 339 g/mol. The first kappa shape index (κ1) is 14.1. The zero-order valence-electron chi connectivity index (χ0n) is 10.3. The zero-order chi connectivity index (χ0) is 15.0. The maximum Gasteiger partial charge on any atom is 0.358 e. The first-order valence-electron chi connectivity index (χ1n) is 5.79. The standard InChI is InChI=1S/C14H7Cl2NO3S/c15-7-3-4-9(16)8(6-7)12-11(14(18)19)17-13(20-12)10-2-1-5-21-10/h1-6H,(H,18,19). The summed E-state index contributed by atoms with van der Waals surface area (Å²) in [4.78, 5) is 16.2. The van der Waals surface area contributed by atoms with Crippen molar-refractivity contribution < 1.29 is 14.3 Å². The van der Waals surface area contributed by atoms with Crippen molar-refractivity contribution >= 4 is 40.5 Å². The van der Waals surface area contributed by atoms with Crippen LogP contribution in [0.3, 0.4) is 0 Å². The van der Waals surface area contributed by atoms with Crippen LogP contribution in [0.1, 0.15) is 10.5 Å². The summed E-state index contributed by atoms with van der Waals surface area (Å²) in [5, 5.41) is 11.9. The normalized spacial score (nSPS) is 10.8. The first-order chi connectivity index (χ1) is 10.1. The van der Waals surface area contributed by atoms with Gasteiger partial charge in [0.15, 0.2) is 11.5 Å². The van der Waals surface area contributed by atoms with Crippen molar-refractivity contribution in [3.63, 3.8) is 0 Å². The molecule has 0 unspecified atom stereocenters. The fourth-order valence-electron chi connectivity index (χ4n) is 1.82. The molecule has 4 nitrogen and oxygen atoms in total. The molecule has 0 fully saturated rings. The highest BCUT2D eigenvalue weighted by atomic mass is 35.5. The van der Waals surface area contributed by atoms with Gasteiger partial charge in [-0.25, -0.2) is 9.78 Å². The van der Waals surface area contributed by atoms with Gasteiger partial charge in [-0.1, -0.05) is 29.3 Å². The number of hydrogen-bond acceptors (Lipinski definition) is 4. The lowest BCUT2D eigenvalue weighted by molar-refractivity contribution is 0.0691. The highest BCUT2D eigenvalue weighted by Crippen LogP contribution is 2.36. The lowest BCUT2D eigenvalue weighted by Gasteiger charge is -2.02. The van der Waals surface area contributed by atoms with Crippen LogP contribution >= 0.6 is 34.5 Å². The van der Waals surface area contributed by atoms with Crippen molar-refractivity contribution in [3.8, 4) is 22.1 Å². The van der Waals surface area contributed by atoms with Gasteiger partial charge in [-0.3, -0.25) is 0 Å². The Morgan fingerprint density at radius 2 is 2.10 bits per heavy atom. The van der Waals surface area contributed by atoms with E-state index in [1.165, 1.54) is 11.3 Å². The van der Waals surface area contributed by atoms with E-state index in [-0.39, 0.29) is 17.3 Å². The Kier molecular flexibility index (Phi) is 3.71. The van der Waals surface area contributed by atoms with Crippen molar-refractivity contribution in [2.24, 2.45) is 0 Å². The quantitative estimate of drug-likeness (QED) is 0.723. The third kappa shape index (κ3) is 2.68. The Labute approximate surface area is 133 Å². The van der Waals surface area contributed by atoms with Gasteiger partial charge in [-0.15, -0.1) is 11.3 Å². The van der Waals surface area contributed by atoms with E-state index in [0.29, 0.717) is 15.6 Å². The summed E-state index contributed by atoms with van der Waals surface area (Å²) in [6.07, 6.45) is 0. The number of oxazole rings is 1. The molecule has 0 aliphatic carbocycles. The second-order valence-corrected chi connectivity index (χ2v) is 5.89. The summed E-state index contributed by atoms with van der Waals surface area (Å²) >= 11 is 13.4. The van der Waals surface area contributed by atoms with Crippen molar-refractivity contribution in [1.29, 1.82) is 0 Å². The molecule has 0 saturated carbocycles. The number of halogens is 2. The molecule has 0 atom stereocenters. The smallest absolute Gasteiger partial charge is 0.358 e. The Bertz CT molecular complexity index is 812. The number of carbonyl (C=O) groups is 1. The molecule has 0 amide bonds. The van der Waals surface area contributed by atoms with Crippen molar-refractivity contribution in [1.82, 2.24) is 4.98 Å². The van der Waals surface area contributed by atoms with Crippen molar-refractivity contribution in [2.45, 2.75) is 0 Å². The van der Waals surface area contributed by atoms with Gasteiger partial charge < -0.3 is 9.52 Å². The molecule has 2 aromatic heterocycles. The van der Waals surface area contributed by atoms with E-state index < -0.39 is 5.97 Å². The minimum absolute atomic E-state index is 0.0957. The van der Waals surface area contributed by atoms with Crippen LogP contribution < -0.4 is 0 Å². The Morgan fingerprint density at radius 1 is 1.29 bits per heavy atom. The first-order valence-corrected chi connectivity index (χ1v) is 7.43. The van der Waals surface area contributed by atoms with Crippen LogP contribution in [0.25, 0.3) is 22.1 Å². The molecule has 106 valence electrons. The maximum atomic E-state index is 11.4. The lowest BCUT2D eigenvalue weighted by atomic mass is 10.1. The van der Waals surface area contributed by atoms with Gasteiger partial charge in [0.2, 0.25) is 5.89 Å². The van der Waals surface area contributed by atoms with Crippen LogP contribution in [0.4, 0.5) is 0 Å². The molecule has 0 radical (unpaired) electrons. The SMILES string of the molecule is O=C(O)c1nc(-c2cccs2)oc1-c1cc(Cl)ccc1Cl. The van der Waals surface area contributed by atoms with Crippen LogP contribution in [-0.4, -0.2) is 16.1 Å². The summed E-state index contributed by atoms with van der Waals surface area (Å²) in [7, 11) is 0. The highest BCUT2D eigenvalue weighted by molar-refractivity contribution is 7.13. The maximum absolute atomic E-state index is 11.4. The van der Waals surface area contributed by atoms with Crippen molar-refractivity contribution in [3.05, 3.63) is 51.5 Å². The average molecular weight is 340 g/mol. The van der Waals surface area contributed by atoms with Crippen LogP contribution in [0.15, 0.2) is 40.1 Å². The van der Waals surface area contributed by atoms with E-state index >= 15 is 0 Å². The number of benzene rings is 1. The van der Waals surface area contributed by atoms with Crippen LogP contribution in [-0.2, 0) is 0 Å². The largest absolute Gasteiger partial charge is 0.476 e. The average Bonchev–Trinajstić information content (AvgIpc) is 3.09. The van der Waals surface area contributed by atoms with E-state index in [0.717, 1.165) is 4.88 Å². The summed E-state index contributed by atoms with van der Waals surface area (Å²) in [5.74, 6) is -0.848. The number of carboxylic acids is 1. The molecule has 0 saturated heterocycles. The van der Waals surface area contributed by atoms with Crippen molar-refractivity contribution in [2.75, 3.05) is 0 Å². The van der Waals surface area contributed by atoms with E-state index in [1.807, 2.05) is 11.4 Å². The van der Waals surface area contributed by atoms with Gasteiger partial charge in [-0.05, 0) is 29.6 Å². The van der Waals surface area contributed by atoms with E-state index in [9.17, 15) is 9.90 Å². The lowest BCUT2D eigenvalue weighted by Crippen LogP contribution is -1.99. The third-order valence-electron chi connectivity index (χ3n) is 2.73. The number of aromatic carboxylic acids is 1. The molecular formula is C14H7Cl2NO3S. The van der Waals surface area contributed by atoms with Gasteiger partial charge in [0, 0.05) is 10.6 Å². The predicted octanol–water partition coefficient (Wildman–Crippen LogP) is 5.08. The summed E-state index contributed by atoms with van der Waals surface area (Å²) in [6, 6.07) is 8.37. The molecule has 0 spiro atoms. The van der Waals surface area contributed by atoms with Crippen LogP contribution in [0.5, 0.6) is 0 Å². The second kappa shape index (κ2) is 5.52. The Hall–Kier alpha value is -1.82. The van der Waals surface area contributed by atoms with Crippen LogP contribution in [0.2, 0.25) is 10.0 Å². The molecular weight excluding hydrogens is 333 g/mol. The van der Waals surface area contributed by atoms with E-state index in [1.54, 1.807) is 24.3 Å². The van der Waals surface area contributed by atoms with E-state index in [4.69, 9.17) is 27.6 Å². The molecule has 1 N–H and O–H groups in total. The minimum atomic E-state index is -1.19. The molecule has 2 heterocycles. The fourth-order valence-corrected chi connectivity index (χ4v) is 2.85. The summed E-state index contributed by atoms with van der Waals surface area (Å²) in [6.45, 7) is 0. The third-order valence-corrected chi connectivity index (χ3v) is 4.16. The number of hydrogen-bond donors (Lipinski definition) is 1. The molecule has 0 aliphatic heterocycles. The number of carboxylic acid groups (broad SMARTS) is 1. The Balaban J connectivity index is 2.21. The topological polar surface area (TPSA) is 63.3 Å². The molecule has 1 aromatic carbocycles.